The first-order valence-electron chi connectivity index (χ1n) is 9.36. The number of benzene rings is 2. The van der Waals surface area contributed by atoms with Crippen LogP contribution < -0.4 is 0 Å². The number of aryl methyl sites for hydroxylation is 1. The average molecular weight is 438 g/mol. The predicted octanol–water partition coefficient (Wildman–Crippen LogP) is 4.87. The molecule has 0 bridgehead atoms. The van der Waals surface area contributed by atoms with E-state index in [4.69, 9.17) is 16.9 Å². The molecule has 0 atom stereocenters. The SMILES string of the molecule is Cc1nn(C(C)(C)c2ccc(C(=O)O)c(C(=O)O)c2)c(C)c1-c1ccc(C#N)c(Cl)c1. The summed E-state index contributed by atoms with van der Waals surface area (Å²) in [6.45, 7) is 7.51. The Bertz CT molecular complexity index is 1270. The van der Waals surface area contributed by atoms with E-state index in [1.165, 1.54) is 12.1 Å². The number of aromatic nitrogens is 2. The summed E-state index contributed by atoms with van der Waals surface area (Å²) in [6, 6.07) is 11.5. The Kier molecular flexibility index (Phi) is 5.62. The van der Waals surface area contributed by atoms with Gasteiger partial charge in [-0.25, -0.2) is 9.59 Å². The van der Waals surface area contributed by atoms with Gasteiger partial charge < -0.3 is 10.2 Å². The molecule has 1 aromatic heterocycles. The zero-order chi connectivity index (χ0) is 23.1. The summed E-state index contributed by atoms with van der Waals surface area (Å²) in [7, 11) is 0. The van der Waals surface area contributed by atoms with Gasteiger partial charge >= 0.3 is 11.9 Å². The summed E-state index contributed by atoms with van der Waals surface area (Å²) < 4.78 is 1.78. The number of nitriles is 1. The first-order chi connectivity index (χ1) is 14.5. The maximum Gasteiger partial charge on any atom is 0.336 e. The van der Waals surface area contributed by atoms with Crippen LogP contribution in [0.2, 0.25) is 5.02 Å². The van der Waals surface area contributed by atoms with Gasteiger partial charge in [0.25, 0.3) is 0 Å². The molecule has 2 aromatic carbocycles. The van der Waals surface area contributed by atoms with Gasteiger partial charge in [-0.05, 0) is 63.1 Å². The van der Waals surface area contributed by atoms with Crippen molar-refractivity contribution in [3.8, 4) is 17.2 Å². The van der Waals surface area contributed by atoms with E-state index in [-0.39, 0.29) is 11.1 Å². The molecule has 0 aliphatic rings. The highest BCUT2D eigenvalue weighted by atomic mass is 35.5. The molecule has 0 unspecified atom stereocenters. The van der Waals surface area contributed by atoms with Gasteiger partial charge in [-0.2, -0.15) is 10.4 Å². The van der Waals surface area contributed by atoms with Gasteiger partial charge in [0.15, 0.2) is 0 Å². The highest BCUT2D eigenvalue weighted by Gasteiger charge is 2.30. The minimum Gasteiger partial charge on any atom is -0.478 e. The molecule has 7 nitrogen and oxygen atoms in total. The fraction of sp³-hybridized carbons (Fsp3) is 0.217. The molecule has 31 heavy (non-hydrogen) atoms. The van der Waals surface area contributed by atoms with E-state index in [0.717, 1.165) is 22.5 Å². The van der Waals surface area contributed by atoms with Crippen LogP contribution in [-0.4, -0.2) is 31.9 Å². The van der Waals surface area contributed by atoms with Crippen LogP contribution in [0.4, 0.5) is 0 Å². The second kappa shape index (κ2) is 7.89. The average Bonchev–Trinajstić information content (AvgIpc) is 3.02. The molecule has 3 aromatic rings. The number of carboxylic acids is 2. The van der Waals surface area contributed by atoms with E-state index in [9.17, 15) is 19.8 Å². The zero-order valence-electron chi connectivity index (χ0n) is 17.4. The minimum absolute atomic E-state index is 0.270. The molecule has 0 spiro atoms. The van der Waals surface area contributed by atoms with E-state index < -0.39 is 17.5 Å². The van der Waals surface area contributed by atoms with Crippen molar-refractivity contribution in [1.82, 2.24) is 9.78 Å². The topological polar surface area (TPSA) is 116 Å². The van der Waals surface area contributed by atoms with Crippen molar-refractivity contribution in [3.05, 3.63) is 75.1 Å². The van der Waals surface area contributed by atoms with E-state index in [1.807, 2.05) is 39.8 Å². The Morgan fingerprint density at radius 3 is 2.26 bits per heavy atom. The van der Waals surface area contributed by atoms with Crippen LogP contribution in [0.1, 0.15) is 57.1 Å². The Morgan fingerprint density at radius 2 is 1.71 bits per heavy atom. The minimum atomic E-state index is -1.31. The normalized spacial score (nSPS) is 11.2. The molecule has 8 heteroatoms. The van der Waals surface area contributed by atoms with Crippen LogP contribution >= 0.6 is 11.6 Å². The lowest BCUT2D eigenvalue weighted by Gasteiger charge is -2.28. The number of carboxylic acid groups (broad SMARTS) is 2. The van der Waals surface area contributed by atoms with Crippen LogP contribution in [0, 0.1) is 25.2 Å². The van der Waals surface area contributed by atoms with Gasteiger partial charge in [0, 0.05) is 11.3 Å². The van der Waals surface area contributed by atoms with E-state index >= 15 is 0 Å². The second-order valence-corrected chi connectivity index (χ2v) is 8.10. The molecular weight excluding hydrogens is 418 g/mol. The molecule has 0 aliphatic carbocycles. The first kappa shape index (κ1) is 22.1. The van der Waals surface area contributed by atoms with Crippen molar-refractivity contribution in [1.29, 1.82) is 5.26 Å². The fourth-order valence-corrected chi connectivity index (χ4v) is 4.00. The lowest BCUT2D eigenvalue weighted by Crippen LogP contribution is -2.30. The van der Waals surface area contributed by atoms with Crippen LogP contribution in [0.5, 0.6) is 0 Å². The van der Waals surface area contributed by atoms with Gasteiger partial charge in [-0.3, -0.25) is 4.68 Å². The molecule has 158 valence electrons. The van der Waals surface area contributed by atoms with Gasteiger partial charge in [0.2, 0.25) is 0 Å². The molecular formula is C23H20ClN3O4. The standard InChI is InChI=1S/C23H20ClN3O4/c1-12-20(14-5-6-15(11-25)19(24)9-14)13(2)27(26-12)23(3,4)16-7-8-17(21(28)29)18(10-16)22(30)31/h5-10H,1-4H3,(H,28,29)(H,30,31). The largest absolute Gasteiger partial charge is 0.478 e. The first-order valence-corrected chi connectivity index (χ1v) is 9.74. The summed E-state index contributed by atoms with van der Waals surface area (Å²) in [6.07, 6.45) is 0. The third-order valence-corrected chi connectivity index (χ3v) is 5.70. The number of rotatable bonds is 5. The Morgan fingerprint density at radius 1 is 1.06 bits per heavy atom. The third-order valence-electron chi connectivity index (χ3n) is 5.39. The molecule has 0 saturated heterocycles. The van der Waals surface area contributed by atoms with Gasteiger partial charge in [-0.15, -0.1) is 0 Å². The quantitative estimate of drug-likeness (QED) is 0.588. The molecule has 0 aliphatic heterocycles. The summed E-state index contributed by atoms with van der Waals surface area (Å²) in [4.78, 5) is 23.0. The number of carbonyl (C=O) groups is 2. The number of hydrogen-bond donors (Lipinski definition) is 2. The molecule has 3 rings (SSSR count). The van der Waals surface area contributed by atoms with Crippen molar-refractivity contribution < 1.29 is 19.8 Å². The number of halogens is 1. The second-order valence-electron chi connectivity index (χ2n) is 7.69. The van der Waals surface area contributed by atoms with E-state index in [0.29, 0.717) is 16.1 Å². The molecule has 0 saturated carbocycles. The number of hydrogen-bond acceptors (Lipinski definition) is 4. The Balaban J connectivity index is 2.16. The van der Waals surface area contributed by atoms with Gasteiger partial charge in [0.05, 0.1) is 32.9 Å². The molecule has 0 fully saturated rings. The highest BCUT2D eigenvalue weighted by molar-refractivity contribution is 6.32. The van der Waals surface area contributed by atoms with E-state index in [1.54, 1.807) is 22.9 Å². The summed E-state index contributed by atoms with van der Waals surface area (Å²) in [5.41, 5.74) is 2.90. The van der Waals surface area contributed by atoms with Crippen LogP contribution in [0.15, 0.2) is 36.4 Å². The number of nitrogens with zero attached hydrogens (tertiary/aromatic N) is 3. The zero-order valence-corrected chi connectivity index (χ0v) is 18.2. The summed E-state index contributed by atoms with van der Waals surface area (Å²) >= 11 is 6.21. The molecule has 0 radical (unpaired) electrons. The van der Waals surface area contributed by atoms with E-state index in [2.05, 4.69) is 5.10 Å². The fourth-order valence-electron chi connectivity index (χ4n) is 3.78. The van der Waals surface area contributed by atoms with Crippen molar-refractivity contribution in [2.45, 2.75) is 33.2 Å². The van der Waals surface area contributed by atoms with Crippen molar-refractivity contribution in [3.63, 3.8) is 0 Å². The monoisotopic (exact) mass is 437 g/mol. The van der Waals surface area contributed by atoms with Gasteiger partial charge in [-0.1, -0.05) is 23.7 Å². The van der Waals surface area contributed by atoms with Crippen molar-refractivity contribution in [2.75, 3.05) is 0 Å². The van der Waals surface area contributed by atoms with Crippen molar-refractivity contribution in [2.24, 2.45) is 0 Å². The third kappa shape index (κ3) is 3.78. The maximum absolute atomic E-state index is 11.6. The lowest BCUT2D eigenvalue weighted by molar-refractivity contribution is 0.0651. The van der Waals surface area contributed by atoms with Gasteiger partial charge in [0.1, 0.15) is 6.07 Å². The Labute approximate surface area is 184 Å². The van der Waals surface area contributed by atoms with Crippen LogP contribution in [0.3, 0.4) is 0 Å². The maximum atomic E-state index is 11.6. The highest BCUT2D eigenvalue weighted by Crippen LogP contribution is 2.35. The molecule has 0 amide bonds. The van der Waals surface area contributed by atoms with Crippen LogP contribution in [0.25, 0.3) is 11.1 Å². The summed E-state index contributed by atoms with van der Waals surface area (Å²) in [5.74, 6) is -2.61. The number of aromatic carboxylic acids is 2. The molecule has 2 N–H and O–H groups in total. The van der Waals surface area contributed by atoms with Crippen molar-refractivity contribution >= 4 is 23.5 Å². The van der Waals surface area contributed by atoms with Crippen LogP contribution in [-0.2, 0) is 5.54 Å². The predicted molar refractivity (Wildman–Crippen MR) is 116 cm³/mol. The summed E-state index contributed by atoms with van der Waals surface area (Å²) in [5, 5.41) is 32.9. The lowest BCUT2D eigenvalue weighted by atomic mass is 9.90. The molecule has 1 heterocycles. The smallest absolute Gasteiger partial charge is 0.336 e. The Hall–Kier alpha value is -3.63.